The number of benzene rings is 1. The summed E-state index contributed by atoms with van der Waals surface area (Å²) in [6.07, 6.45) is -0.300. The number of anilines is 1. The quantitative estimate of drug-likeness (QED) is 0.664. The number of hydrogen-bond donors (Lipinski definition) is 2. The zero-order valence-corrected chi connectivity index (χ0v) is 16.2. The lowest BCUT2D eigenvalue weighted by atomic mass is 9.98. The van der Waals surface area contributed by atoms with Gasteiger partial charge in [0.1, 0.15) is 0 Å². The molecule has 2 aromatic heterocycles. The predicted molar refractivity (Wildman–Crippen MR) is 107 cm³/mol. The van der Waals surface area contributed by atoms with E-state index >= 15 is 0 Å². The highest BCUT2D eigenvalue weighted by Gasteiger charge is 2.34. The van der Waals surface area contributed by atoms with Crippen LogP contribution in [0.1, 0.15) is 40.5 Å². The number of H-pyrrole nitrogens is 1. The first-order valence-corrected chi connectivity index (χ1v) is 9.54. The molecule has 0 bridgehead atoms. The Balaban J connectivity index is 1.72. The molecule has 4 rings (SSSR count). The minimum absolute atomic E-state index is 0.00833. The molecule has 160 valence electrons. The molecule has 0 unspecified atom stereocenters. The van der Waals surface area contributed by atoms with Crippen LogP contribution in [0.5, 0.6) is 0 Å². The average Bonchev–Trinajstić information content (AvgIpc) is 3.23. The number of nitrogens with two attached hydrogens (primary N) is 1. The van der Waals surface area contributed by atoms with Crippen molar-refractivity contribution in [2.24, 2.45) is 0 Å². The van der Waals surface area contributed by atoms with Gasteiger partial charge in [0, 0.05) is 30.6 Å². The minimum Gasteiger partial charge on any atom is -0.368 e. The third-order valence-corrected chi connectivity index (χ3v) is 5.22. The smallest absolute Gasteiger partial charge is 0.368 e. The van der Waals surface area contributed by atoms with Gasteiger partial charge in [-0.25, -0.2) is 9.97 Å². The molecule has 0 aliphatic carbocycles. The van der Waals surface area contributed by atoms with Crippen LogP contribution in [0.25, 0.3) is 11.1 Å². The Morgan fingerprint density at radius 3 is 2.55 bits per heavy atom. The van der Waals surface area contributed by atoms with E-state index in [2.05, 4.69) is 15.0 Å². The molecule has 1 aromatic carbocycles. The van der Waals surface area contributed by atoms with Gasteiger partial charge in [0.25, 0.3) is 5.91 Å². The Morgan fingerprint density at radius 2 is 1.90 bits per heavy atom. The van der Waals surface area contributed by atoms with Gasteiger partial charge in [0.05, 0.1) is 22.9 Å². The maximum Gasteiger partial charge on any atom is 0.416 e. The zero-order valence-electron chi connectivity index (χ0n) is 16.2. The van der Waals surface area contributed by atoms with Crippen LogP contribution in [0.2, 0.25) is 0 Å². The molecule has 3 aromatic rings. The Morgan fingerprint density at radius 1 is 1.16 bits per heavy atom. The van der Waals surface area contributed by atoms with E-state index in [1.165, 1.54) is 36.7 Å². The largest absolute Gasteiger partial charge is 0.416 e. The highest BCUT2D eigenvalue weighted by atomic mass is 19.4. The van der Waals surface area contributed by atoms with Crippen molar-refractivity contribution in [3.05, 3.63) is 76.0 Å². The second-order valence-electron chi connectivity index (χ2n) is 7.20. The summed E-state index contributed by atoms with van der Waals surface area (Å²) in [5.41, 5.74) is 6.51. The molecule has 3 heterocycles. The molecule has 0 radical (unpaired) electrons. The minimum atomic E-state index is -4.44. The van der Waals surface area contributed by atoms with Gasteiger partial charge in [0.2, 0.25) is 11.5 Å². The fraction of sp³-hybridized carbons (Fsp3) is 0.238. The fourth-order valence-electron chi connectivity index (χ4n) is 3.73. The summed E-state index contributed by atoms with van der Waals surface area (Å²) < 4.78 is 38.8. The van der Waals surface area contributed by atoms with Gasteiger partial charge >= 0.3 is 6.18 Å². The molecule has 1 saturated heterocycles. The lowest BCUT2D eigenvalue weighted by Crippen LogP contribution is -2.32. The van der Waals surface area contributed by atoms with E-state index in [1.807, 2.05) is 0 Å². The molecule has 1 amide bonds. The summed E-state index contributed by atoms with van der Waals surface area (Å²) in [6, 6.07) is 6.98. The maximum atomic E-state index is 13.0. The van der Waals surface area contributed by atoms with Gasteiger partial charge in [-0.15, -0.1) is 0 Å². The summed E-state index contributed by atoms with van der Waals surface area (Å²) >= 11 is 0. The van der Waals surface area contributed by atoms with Gasteiger partial charge in [-0.2, -0.15) is 13.2 Å². The normalized spacial score (nSPS) is 16.5. The topological polar surface area (TPSA) is 105 Å². The lowest BCUT2D eigenvalue weighted by molar-refractivity contribution is -0.137. The van der Waals surface area contributed by atoms with Crippen LogP contribution in [0.4, 0.5) is 19.1 Å². The second kappa shape index (κ2) is 7.86. The van der Waals surface area contributed by atoms with Crippen molar-refractivity contribution in [1.29, 1.82) is 0 Å². The summed E-state index contributed by atoms with van der Waals surface area (Å²) in [5, 5.41) is 0. The number of likely N-dealkylation sites (tertiary alicyclic amines) is 1. The van der Waals surface area contributed by atoms with E-state index in [1.54, 1.807) is 4.90 Å². The number of hydrogen-bond acceptors (Lipinski definition) is 5. The summed E-state index contributed by atoms with van der Waals surface area (Å²) in [6.45, 7) is 0.471. The molecule has 1 fully saturated rings. The third-order valence-electron chi connectivity index (χ3n) is 5.22. The molecule has 7 nitrogen and oxygen atoms in total. The zero-order chi connectivity index (χ0) is 22.2. The number of aromatic amines is 1. The first kappa shape index (κ1) is 20.6. The number of halogens is 3. The molecule has 0 saturated carbocycles. The van der Waals surface area contributed by atoms with Gasteiger partial charge in [0.15, 0.2) is 0 Å². The summed E-state index contributed by atoms with van der Waals surface area (Å²) in [4.78, 5) is 36.8. The van der Waals surface area contributed by atoms with E-state index < -0.39 is 17.8 Å². The van der Waals surface area contributed by atoms with Crippen LogP contribution in [0.3, 0.4) is 0 Å². The van der Waals surface area contributed by atoms with Crippen LogP contribution in [-0.4, -0.2) is 32.3 Å². The molecule has 1 aliphatic rings. The van der Waals surface area contributed by atoms with Crippen molar-refractivity contribution in [3.63, 3.8) is 0 Å². The SMILES string of the molecule is Nc1ncc(-c2ccc(C(F)(F)F)cc2)c([C@@H]2CCCN2C(=O)c2ccc(=O)[nH]c2)n1. The summed E-state index contributed by atoms with van der Waals surface area (Å²) in [5.74, 6) is -0.275. The summed E-state index contributed by atoms with van der Waals surface area (Å²) in [7, 11) is 0. The molecule has 10 heteroatoms. The number of nitrogen functional groups attached to an aromatic ring is 1. The van der Waals surface area contributed by atoms with Gasteiger partial charge in [-0.3, -0.25) is 9.59 Å². The Hall–Kier alpha value is -3.69. The molecular weight excluding hydrogens is 411 g/mol. The first-order valence-electron chi connectivity index (χ1n) is 9.54. The standard InChI is InChI=1S/C21H18F3N5O2/c22-21(23,24)14-6-3-12(4-7-14)15-11-27-20(25)28-18(15)16-2-1-9-29(16)19(31)13-5-8-17(30)26-10-13/h3-8,10-11,16H,1-2,9H2,(H,26,30)(H2,25,27,28)/t16-/m0/s1. The average molecular weight is 429 g/mol. The number of nitrogens with zero attached hydrogens (tertiary/aromatic N) is 3. The van der Waals surface area contributed by atoms with Crippen LogP contribution >= 0.6 is 0 Å². The van der Waals surface area contributed by atoms with Crippen LogP contribution in [0.15, 0.2) is 53.6 Å². The number of alkyl halides is 3. The number of carbonyl (C=O) groups is 1. The Bertz CT molecular complexity index is 1150. The van der Waals surface area contributed by atoms with Crippen LogP contribution in [-0.2, 0) is 6.18 Å². The molecule has 1 atom stereocenters. The van der Waals surface area contributed by atoms with Gasteiger partial charge < -0.3 is 15.6 Å². The van der Waals surface area contributed by atoms with Gasteiger partial charge in [-0.05, 0) is 36.6 Å². The van der Waals surface area contributed by atoms with E-state index in [9.17, 15) is 22.8 Å². The van der Waals surface area contributed by atoms with Crippen molar-refractivity contribution in [2.75, 3.05) is 12.3 Å². The van der Waals surface area contributed by atoms with Crippen molar-refractivity contribution in [2.45, 2.75) is 25.1 Å². The highest BCUT2D eigenvalue weighted by Crippen LogP contribution is 2.38. The van der Waals surface area contributed by atoms with E-state index in [-0.39, 0.29) is 17.4 Å². The molecular formula is C21H18F3N5O2. The number of rotatable bonds is 3. The van der Waals surface area contributed by atoms with Crippen molar-refractivity contribution >= 4 is 11.9 Å². The molecule has 0 spiro atoms. The first-order chi connectivity index (χ1) is 14.7. The van der Waals surface area contributed by atoms with Gasteiger partial charge in [-0.1, -0.05) is 12.1 Å². The third kappa shape index (κ3) is 4.14. The van der Waals surface area contributed by atoms with Crippen LogP contribution < -0.4 is 11.3 Å². The number of aromatic nitrogens is 3. The van der Waals surface area contributed by atoms with Crippen LogP contribution in [0, 0.1) is 0 Å². The van der Waals surface area contributed by atoms with E-state index in [4.69, 9.17) is 5.73 Å². The predicted octanol–water partition coefficient (Wildman–Crippen LogP) is 3.41. The fourth-order valence-corrected chi connectivity index (χ4v) is 3.73. The maximum absolute atomic E-state index is 13.0. The molecule has 1 aliphatic heterocycles. The van der Waals surface area contributed by atoms with Crippen molar-refractivity contribution in [3.8, 4) is 11.1 Å². The van der Waals surface area contributed by atoms with E-state index in [0.717, 1.165) is 18.6 Å². The molecule has 3 N–H and O–H groups in total. The monoisotopic (exact) mass is 429 g/mol. The molecule has 31 heavy (non-hydrogen) atoms. The number of carbonyl (C=O) groups excluding carboxylic acids is 1. The highest BCUT2D eigenvalue weighted by molar-refractivity contribution is 5.94. The van der Waals surface area contributed by atoms with Crippen molar-refractivity contribution < 1.29 is 18.0 Å². The number of nitrogens with one attached hydrogen (secondary N) is 1. The second-order valence-corrected chi connectivity index (χ2v) is 7.20. The Kier molecular flexibility index (Phi) is 5.22. The van der Waals surface area contributed by atoms with E-state index in [0.29, 0.717) is 35.3 Å². The van der Waals surface area contributed by atoms with Crippen molar-refractivity contribution in [1.82, 2.24) is 19.9 Å². The Labute approximate surface area is 174 Å². The number of pyridine rings is 1. The lowest BCUT2D eigenvalue weighted by Gasteiger charge is -2.26. The number of amides is 1.